The average molecular weight is 461 g/mol. The van der Waals surface area contributed by atoms with Gasteiger partial charge in [-0.2, -0.15) is 0 Å². The number of amides is 2. The number of nitrogens with one attached hydrogen (secondary N) is 3. The molecular weight excluding hydrogens is 438 g/mol. The Morgan fingerprint density at radius 1 is 0.800 bits per heavy atom. The second-order valence-corrected chi connectivity index (χ2v) is 6.24. The molecule has 0 bridgehead atoms. The molecule has 0 spiro atoms. The van der Waals surface area contributed by atoms with Crippen LogP contribution in [0, 0.1) is 0 Å². The smallest absolute Gasteiger partial charge is 0.271 e. The van der Waals surface area contributed by atoms with Gasteiger partial charge < -0.3 is 35.3 Å². The van der Waals surface area contributed by atoms with Gasteiger partial charge in [0.05, 0.1) is 0 Å². The van der Waals surface area contributed by atoms with Crippen molar-refractivity contribution < 1.29 is 36.9 Å². The maximum atomic E-state index is 12.1. The Morgan fingerprint density at radius 2 is 1.17 bits per heavy atom. The first-order chi connectivity index (χ1) is 13.7. The van der Waals surface area contributed by atoms with Crippen LogP contribution < -0.4 is 26.8 Å². The van der Waals surface area contributed by atoms with E-state index >= 15 is 0 Å². The van der Waals surface area contributed by atoms with E-state index in [9.17, 15) is 29.4 Å². The monoisotopic (exact) mass is 461 g/mol. The number of carbonyl (C=O) groups is 2. The van der Waals surface area contributed by atoms with Crippen LogP contribution in [0.15, 0.2) is 34.1 Å². The summed E-state index contributed by atoms with van der Waals surface area (Å²) in [7, 11) is 3.07. The molecule has 0 fully saturated rings. The number of rotatable bonds is 8. The zero-order valence-electron chi connectivity index (χ0n) is 16.4. The van der Waals surface area contributed by atoms with Crippen LogP contribution in [0.4, 0.5) is 0 Å². The van der Waals surface area contributed by atoms with Crippen LogP contribution in [0.25, 0.3) is 0 Å². The molecule has 30 heavy (non-hydrogen) atoms. The molecule has 5 N–H and O–H groups in total. The van der Waals surface area contributed by atoms with E-state index in [2.05, 4.69) is 16.0 Å². The number of aryl methyl sites for hydroxylation is 2. The van der Waals surface area contributed by atoms with Gasteiger partial charge in [0.2, 0.25) is 10.9 Å². The van der Waals surface area contributed by atoms with Crippen LogP contribution in [0.5, 0.6) is 11.5 Å². The van der Waals surface area contributed by atoms with Crippen molar-refractivity contribution in [2.24, 2.45) is 14.1 Å². The Labute approximate surface area is 182 Å². The second kappa shape index (κ2) is 11.2. The van der Waals surface area contributed by atoms with E-state index in [0.717, 1.165) is 12.1 Å². The van der Waals surface area contributed by atoms with Crippen LogP contribution in [-0.4, -0.2) is 57.3 Å². The van der Waals surface area contributed by atoms with Gasteiger partial charge in [-0.15, -0.1) is 0 Å². The topological polar surface area (TPSA) is 155 Å². The van der Waals surface area contributed by atoms with E-state index in [1.807, 2.05) is 0 Å². The summed E-state index contributed by atoms with van der Waals surface area (Å²) in [5.41, 5.74) is -1.52. The van der Waals surface area contributed by atoms with Crippen molar-refractivity contribution >= 4 is 11.8 Å². The van der Waals surface area contributed by atoms with Gasteiger partial charge in [-0.05, 0) is 0 Å². The number of hydrogen-bond acceptors (Lipinski definition) is 7. The molecule has 2 aromatic rings. The molecule has 11 nitrogen and oxygen atoms in total. The Balaban J connectivity index is 0.00000450. The Morgan fingerprint density at radius 3 is 1.53 bits per heavy atom. The van der Waals surface area contributed by atoms with Gasteiger partial charge >= 0.3 is 0 Å². The maximum Gasteiger partial charge on any atom is 0.271 e. The Bertz CT molecular complexity index is 951. The van der Waals surface area contributed by atoms with Crippen LogP contribution in [-0.2, 0) is 31.2 Å². The van der Waals surface area contributed by atoms with Gasteiger partial charge in [0.25, 0.3) is 11.8 Å². The van der Waals surface area contributed by atoms with Crippen molar-refractivity contribution in [1.29, 1.82) is 0 Å². The van der Waals surface area contributed by atoms with E-state index in [-0.39, 0.29) is 41.5 Å². The zero-order chi connectivity index (χ0) is 21.6. The van der Waals surface area contributed by atoms with Crippen LogP contribution in [0.3, 0.4) is 0 Å². The summed E-state index contributed by atoms with van der Waals surface area (Å²) in [4.78, 5) is 47.1. The zero-order valence-corrected chi connectivity index (χ0v) is 17.5. The molecule has 164 valence electrons. The van der Waals surface area contributed by atoms with E-state index < -0.39 is 34.2 Å². The molecule has 0 unspecified atom stereocenters. The van der Waals surface area contributed by atoms with E-state index in [1.54, 1.807) is 0 Å². The largest absolute Gasteiger partial charge is 0.503 e. The molecule has 2 amide bonds. The molecule has 0 atom stereocenters. The minimum atomic E-state index is -0.635. The summed E-state index contributed by atoms with van der Waals surface area (Å²) in [5.74, 6) is -2.39. The molecule has 0 saturated carbocycles. The predicted molar refractivity (Wildman–Crippen MR) is 104 cm³/mol. The maximum absolute atomic E-state index is 12.1. The van der Waals surface area contributed by atoms with E-state index in [1.165, 1.54) is 35.6 Å². The number of aromatic hydroxyl groups is 2. The third kappa shape index (κ3) is 5.96. The molecule has 2 aromatic heterocycles. The molecule has 2 rings (SSSR count). The molecule has 0 aromatic carbocycles. The molecule has 12 heteroatoms. The minimum absolute atomic E-state index is 0. The first-order valence-electron chi connectivity index (χ1n) is 8.78. The van der Waals surface area contributed by atoms with Crippen molar-refractivity contribution in [3.8, 4) is 11.5 Å². The van der Waals surface area contributed by atoms with Gasteiger partial charge in [-0.1, -0.05) is 0 Å². The summed E-state index contributed by atoms with van der Waals surface area (Å²) < 4.78 is 2.70. The fourth-order valence-electron chi connectivity index (χ4n) is 2.59. The van der Waals surface area contributed by atoms with E-state index in [0.29, 0.717) is 13.1 Å². The normalized spacial score (nSPS) is 10.2. The molecular formula is C18H23FeN5O6. The number of nitrogens with zero attached hydrogens (tertiary/aromatic N) is 2. The third-order valence-electron chi connectivity index (χ3n) is 4.12. The molecule has 0 saturated heterocycles. The SMILES string of the molecule is Cn1ccc(=O)c(O)c1C(=O)NCCNCCNC(=O)c1c(O)c(=O)ccn1C.[Fe]. The predicted octanol–water partition coefficient (Wildman–Crippen LogP) is -1.76. The quantitative estimate of drug-likeness (QED) is 0.231. The molecule has 0 aliphatic rings. The number of aromatic nitrogens is 2. The summed E-state index contributed by atoms with van der Waals surface area (Å²) in [5, 5.41) is 27.6. The van der Waals surface area contributed by atoms with Crippen molar-refractivity contribution in [3.63, 3.8) is 0 Å². The fraction of sp³-hybridized carbons (Fsp3) is 0.333. The first-order valence-corrected chi connectivity index (χ1v) is 8.78. The van der Waals surface area contributed by atoms with Gasteiger partial charge in [0, 0.05) is 81.9 Å². The van der Waals surface area contributed by atoms with Crippen molar-refractivity contribution in [3.05, 3.63) is 56.4 Å². The van der Waals surface area contributed by atoms with Gasteiger partial charge in [-0.3, -0.25) is 19.2 Å². The molecule has 0 aliphatic heterocycles. The fourth-order valence-corrected chi connectivity index (χ4v) is 2.59. The summed E-state index contributed by atoms with van der Waals surface area (Å²) >= 11 is 0. The molecule has 0 radical (unpaired) electrons. The average Bonchev–Trinajstić information content (AvgIpc) is 2.67. The number of hydrogen-bond donors (Lipinski definition) is 5. The van der Waals surface area contributed by atoms with Crippen molar-refractivity contribution in [2.75, 3.05) is 26.2 Å². The second-order valence-electron chi connectivity index (χ2n) is 6.24. The number of carbonyl (C=O) groups excluding carboxylic acids is 2. The first kappa shape index (κ1) is 25.0. The standard InChI is InChI=1S/C18H23N5O6.Fe/c1-22-9-3-11(24)15(26)13(22)17(28)20-7-5-19-6-8-21-18(29)14-16(27)12(25)4-10-23(14)2;/h3-4,9-10,19,26-27H,5-8H2,1-2H3,(H,20,28)(H,21,29);. The summed E-state index contributed by atoms with van der Waals surface area (Å²) in [6, 6.07) is 2.32. The molecule has 2 heterocycles. The van der Waals surface area contributed by atoms with Crippen molar-refractivity contribution in [1.82, 2.24) is 25.1 Å². The summed E-state index contributed by atoms with van der Waals surface area (Å²) in [6.07, 6.45) is 2.77. The number of pyridine rings is 2. The van der Waals surface area contributed by atoms with Crippen molar-refractivity contribution in [2.45, 2.75) is 0 Å². The summed E-state index contributed by atoms with van der Waals surface area (Å²) in [6.45, 7) is 1.20. The van der Waals surface area contributed by atoms with Gasteiger partial charge in [0.1, 0.15) is 0 Å². The van der Waals surface area contributed by atoms with Gasteiger partial charge in [0.15, 0.2) is 22.9 Å². The third-order valence-corrected chi connectivity index (χ3v) is 4.12. The molecule has 0 aliphatic carbocycles. The minimum Gasteiger partial charge on any atom is -0.503 e. The Kier molecular flexibility index (Phi) is 9.31. The van der Waals surface area contributed by atoms with Crippen LogP contribution >= 0.6 is 0 Å². The van der Waals surface area contributed by atoms with Crippen LogP contribution in [0.1, 0.15) is 21.0 Å². The Hall–Kier alpha value is -3.08. The van der Waals surface area contributed by atoms with Gasteiger partial charge in [-0.25, -0.2) is 0 Å². The van der Waals surface area contributed by atoms with Crippen LogP contribution in [0.2, 0.25) is 0 Å². The van der Waals surface area contributed by atoms with E-state index in [4.69, 9.17) is 0 Å².